The lowest BCUT2D eigenvalue weighted by molar-refractivity contribution is -0.132. The van der Waals surface area contributed by atoms with Crippen molar-refractivity contribution in [1.29, 1.82) is 0 Å². The van der Waals surface area contributed by atoms with Crippen LogP contribution in [-0.4, -0.2) is 50.8 Å². The molecule has 0 radical (unpaired) electrons. The number of nitrogens with one attached hydrogen (secondary N) is 2. The second kappa shape index (κ2) is 11.5. The summed E-state index contributed by atoms with van der Waals surface area (Å²) in [6.07, 6.45) is -5.13. The highest BCUT2D eigenvalue weighted by molar-refractivity contribution is 14.0. The summed E-state index contributed by atoms with van der Waals surface area (Å²) in [5, 5.41) is 5.59. The summed E-state index contributed by atoms with van der Waals surface area (Å²) in [6, 6.07) is 6.01. The van der Waals surface area contributed by atoms with Gasteiger partial charge in [0.1, 0.15) is 5.82 Å². The molecule has 1 aromatic carbocycles. The Morgan fingerprint density at radius 2 is 1.76 bits per heavy atom. The zero-order valence-corrected chi connectivity index (χ0v) is 16.9. The van der Waals surface area contributed by atoms with Crippen LogP contribution in [0.2, 0.25) is 0 Å². The van der Waals surface area contributed by atoms with Gasteiger partial charge in [-0.25, -0.2) is 4.39 Å². The molecule has 144 valence electrons. The maximum absolute atomic E-state index is 13.0. The quantitative estimate of drug-likeness (QED) is 0.274. The molecule has 9 heteroatoms. The van der Waals surface area contributed by atoms with Gasteiger partial charge in [-0.05, 0) is 38.7 Å². The van der Waals surface area contributed by atoms with Crippen LogP contribution in [0.3, 0.4) is 0 Å². The number of likely N-dealkylation sites (N-methyl/N-ethyl adjacent to an activating group) is 1. The summed E-state index contributed by atoms with van der Waals surface area (Å²) in [5.41, 5.74) is 0.885. The Bertz CT molecular complexity index is 518. The molecule has 0 aliphatic heterocycles. The van der Waals surface area contributed by atoms with E-state index in [0.717, 1.165) is 5.56 Å². The second-order valence-corrected chi connectivity index (χ2v) is 5.54. The standard InChI is InChI=1S/C16H24F4N4.HI/c1-4-21-15(22-10-9-16(18,19)20)23-11-14(24(2)3)12-5-7-13(17)8-6-12;/h5-8,14H,4,9-11H2,1-3H3,(H2,21,22,23);1H. The first-order valence-electron chi connectivity index (χ1n) is 7.73. The van der Waals surface area contributed by atoms with Crippen molar-refractivity contribution in [2.45, 2.75) is 25.6 Å². The summed E-state index contributed by atoms with van der Waals surface area (Å²) in [5.74, 6) is 0.0117. The molecule has 0 amide bonds. The number of guanidine groups is 1. The van der Waals surface area contributed by atoms with Crippen molar-refractivity contribution in [2.75, 3.05) is 33.7 Å². The average molecular weight is 476 g/mol. The molecule has 0 aliphatic rings. The van der Waals surface area contributed by atoms with Crippen molar-refractivity contribution in [2.24, 2.45) is 4.99 Å². The molecule has 1 rings (SSSR count). The molecule has 0 spiro atoms. The van der Waals surface area contributed by atoms with Gasteiger partial charge in [0.2, 0.25) is 0 Å². The smallest absolute Gasteiger partial charge is 0.357 e. The Hall–Kier alpha value is -1.10. The molecular weight excluding hydrogens is 451 g/mol. The van der Waals surface area contributed by atoms with Crippen LogP contribution in [0.4, 0.5) is 17.6 Å². The SMILES string of the molecule is CCNC(=NCC(c1ccc(F)cc1)N(C)C)NCCC(F)(F)F.I. The normalized spacial score (nSPS) is 13.4. The Labute approximate surface area is 163 Å². The number of nitrogens with zero attached hydrogens (tertiary/aromatic N) is 2. The predicted molar refractivity (Wildman–Crippen MR) is 103 cm³/mol. The van der Waals surface area contributed by atoms with Crippen LogP contribution in [0.15, 0.2) is 29.3 Å². The lowest BCUT2D eigenvalue weighted by Crippen LogP contribution is -2.39. The lowest BCUT2D eigenvalue weighted by Gasteiger charge is -2.23. The number of aliphatic imine (C=N–C) groups is 1. The van der Waals surface area contributed by atoms with Crippen molar-refractivity contribution in [3.8, 4) is 0 Å². The van der Waals surface area contributed by atoms with Crippen molar-refractivity contribution < 1.29 is 17.6 Å². The summed E-state index contributed by atoms with van der Waals surface area (Å²) in [7, 11) is 3.74. The third-order valence-corrected chi connectivity index (χ3v) is 3.35. The Morgan fingerprint density at radius 3 is 2.24 bits per heavy atom. The van der Waals surface area contributed by atoms with Crippen molar-refractivity contribution in [3.05, 3.63) is 35.6 Å². The van der Waals surface area contributed by atoms with E-state index < -0.39 is 12.6 Å². The lowest BCUT2D eigenvalue weighted by atomic mass is 10.1. The monoisotopic (exact) mass is 476 g/mol. The number of alkyl halides is 3. The van der Waals surface area contributed by atoms with E-state index in [4.69, 9.17) is 0 Å². The molecule has 2 N–H and O–H groups in total. The third-order valence-electron chi connectivity index (χ3n) is 3.35. The summed E-state index contributed by atoms with van der Waals surface area (Å²) in [4.78, 5) is 6.27. The van der Waals surface area contributed by atoms with E-state index >= 15 is 0 Å². The molecule has 0 heterocycles. The maximum atomic E-state index is 13.0. The summed E-state index contributed by atoms with van der Waals surface area (Å²) in [6.45, 7) is 2.48. The Morgan fingerprint density at radius 1 is 1.16 bits per heavy atom. The minimum atomic E-state index is -4.20. The molecule has 0 fully saturated rings. The van der Waals surface area contributed by atoms with E-state index in [-0.39, 0.29) is 42.4 Å². The fourth-order valence-electron chi connectivity index (χ4n) is 2.09. The molecule has 4 nitrogen and oxygen atoms in total. The minimum absolute atomic E-state index is 0. The zero-order valence-electron chi connectivity index (χ0n) is 14.5. The van der Waals surface area contributed by atoms with Gasteiger partial charge >= 0.3 is 6.18 Å². The third kappa shape index (κ3) is 9.83. The van der Waals surface area contributed by atoms with Crippen molar-refractivity contribution >= 4 is 29.9 Å². The van der Waals surface area contributed by atoms with E-state index in [1.165, 1.54) is 12.1 Å². The van der Waals surface area contributed by atoms with E-state index in [2.05, 4.69) is 15.6 Å². The molecule has 1 atom stereocenters. The van der Waals surface area contributed by atoms with Gasteiger partial charge in [0.05, 0.1) is 19.0 Å². The molecule has 0 bridgehead atoms. The Kier molecular flexibility index (Phi) is 11.0. The largest absolute Gasteiger partial charge is 0.390 e. The first-order chi connectivity index (χ1) is 11.2. The average Bonchev–Trinajstić information content (AvgIpc) is 2.47. The number of halogens is 5. The molecule has 25 heavy (non-hydrogen) atoms. The van der Waals surface area contributed by atoms with Gasteiger partial charge in [0.15, 0.2) is 5.96 Å². The predicted octanol–water partition coefficient (Wildman–Crippen LogP) is 3.55. The van der Waals surface area contributed by atoms with Crippen LogP contribution in [-0.2, 0) is 0 Å². The summed E-state index contributed by atoms with van der Waals surface area (Å²) >= 11 is 0. The van der Waals surface area contributed by atoms with Gasteiger partial charge in [0, 0.05) is 13.1 Å². The van der Waals surface area contributed by atoms with Crippen LogP contribution in [0, 0.1) is 5.82 Å². The number of rotatable bonds is 7. The fourth-order valence-corrected chi connectivity index (χ4v) is 2.09. The first-order valence-corrected chi connectivity index (χ1v) is 7.73. The first kappa shape index (κ1) is 23.9. The highest BCUT2D eigenvalue weighted by atomic mass is 127. The topological polar surface area (TPSA) is 39.7 Å². The van der Waals surface area contributed by atoms with Crippen LogP contribution in [0.25, 0.3) is 0 Å². The molecule has 1 aromatic rings. The Balaban J connectivity index is 0.00000576. The van der Waals surface area contributed by atoms with E-state index in [1.54, 1.807) is 12.1 Å². The van der Waals surface area contributed by atoms with Gasteiger partial charge in [-0.2, -0.15) is 13.2 Å². The molecule has 0 aromatic heterocycles. The second-order valence-electron chi connectivity index (χ2n) is 5.54. The van der Waals surface area contributed by atoms with Gasteiger partial charge < -0.3 is 15.5 Å². The highest BCUT2D eigenvalue weighted by Gasteiger charge is 2.26. The van der Waals surface area contributed by atoms with Gasteiger partial charge in [-0.15, -0.1) is 24.0 Å². The van der Waals surface area contributed by atoms with Crippen molar-refractivity contribution in [1.82, 2.24) is 15.5 Å². The highest BCUT2D eigenvalue weighted by Crippen LogP contribution is 2.19. The fraction of sp³-hybridized carbons (Fsp3) is 0.562. The van der Waals surface area contributed by atoms with Gasteiger partial charge in [-0.3, -0.25) is 4.99 Å². The molecule has 0 saturated carbocycles. The maximum Gasteiger partial charge on any atom is 0.390 e. The van der Waals surface area contributed by atoms with E-state index in [0.29, 0.717) is 19.0 Å². The van der Waals surface area contributed by atoms with E-state index in [1.807, 2.05) is 25.9 Å². The van der Waals surface area contributed by atoms with Crippen LogP contribution in [0.5, 0.6) is 0 Å². The van der Waals surface area contributed by atoms with Crippen molar-refractivity contribution in [3.63, 3.8) is 0 Å². The summed E-state index contributed by atoms with van der Waals surface area (Å²) < 4.78 is 49.7. The molecule has 1 unspecified atom stereocenters. The number of benzene rings is 1. The number of hydrogen-bond acceptors (Lipinski definition) is 2. The van der Waals surface area contributed by atoms with Gasteiger partial charge in [-0.1, -0.05) is 12.1 Å². The molecular formula is C16H25F4IN4. The minimum Gasteiger partial charge on any atom is -0.357 e. The number of hydrogen-bond donors (Lipinski definition) is 2. The van der Waals surface area contributed by atoms with Crippen LogP contribution in [0.1, 0.15) is 24.9 Å². The zero-order chi connectivity index (χ0) is 18.2. The van der Waals surface area contributed by atoms with Crippen LogP contribution < -0.4 is 10.6 Å². The molecule has 0 saturated heterocycles. The van der Waals surface area contributed by atoms with E-state index in [9.17, 15) is 17.6 Å². The molecule has 0 aliphatic carbocycles. The van der Waals surface area contributed by atoms with Crippen LogP contribution >= 0.6 is 24.0 Å². The van der Waals surface area contributed by atoms with Gasteiger partial charge in [0.25, 0.3) is 0 Å².